The van der Waals surface area contributed by atoms with E-state index in [2.05, 4.69) is 32.0 Å². The molecule has 0 aliphatic carbocycles. The van der Waals surface area contributed by atoms with Crippen LogP contribution in [-0.2, 0) is 0 Å². The molecule has 0 saturated carbocycles. The summed E-state index contributed by atoms with van der Waals surface area (Å²) in [4.78, 5) is 13.3. The molecule has 2 aromatic rings. The summed E-state index contributed by atoms with van der Waals surface area (Å²) in [5.41, 5.74) is 9.04. The van der Waals surface area contributed by atoms with Crippen molar-refractivity contribution in [2.24, 2.45) is 5.73 Å². The van der Waals surface area contributed by atoms with Crippen LogP contribution >= 0.6 is 11.3 Å². The highest BCUT2D eigenvalue weighted by molar-refractivity contribution is 7.17. The molecule has 0 bridgehead atoms. The summed E-state index contributed by atoms with van der Waals surface area (Å²) in [5.74, 6) is 0.00557. The van der Waals surface area contributed by atoms with Crippen LogP contribution in [0.15, 0.2) is 30.3 Å². The first-order valence-electron chi connectivity index (χ1n) is 5.52. The molecule has 3 heteroatoms. The Balaban J connectivity index is 2.40. The van der Waals surface area contributed by atoms with E-state index in [1.165, 1.54) is 28.0 Å². The third kappa shape index (κ3) is 2.46. The predicted molar refractivity (Wildman–Crippen MR) is 72.6 cm³/mol. The molecule has 0 aliphatic rings. The molecule has 0 unspecified atom stereocenters. The van der Waals surface area contributed by atoms with E-state index in [-0.39, 0.29) is 12.3 Å². The number of benzene rings is 1. The molecule has 2 rings (SSSR count). The largest absolute Gasteiger partial charge is 0.324 e. The Hall–Kier alpha value is -1.45. The molecule has 0 amide bonds. The van der Waals surface area contributed by atoms with Gasteiger partial charge in [0.05, 0.1) is 11.4 Å². The lowest BCUT2D eigenvalue weighted by atomic mass is 10.0. The van der Waals surface area contributed by atoms with Gasteiger partial charge in [0.1, 0.15) is 0 Å². The maximum atomic E-state index is 11.5. The number of ketones is 1. The molecule has 0 aliphatic heterocycles. The van der Waals surface area contributed by atoms with Gasteiger partial charge in [0, 0.05) is 4.88 Å². The Morgan fingerprint density at radius 3 is 2.65 bits per heavy atom. The van der Waals surface area contributed by atoms with E-state index in [4.69, 9.17) is 5.73 Å². The van der Waals surface area contributed by atoms with Crippen LogP contribution in [-0.4, -0.2) is 12.3 Å². The van der Waals surface area contributed by atoms with E-state index in [1.54, 1.807) is 0 Å². The molecule has 0 radical (unpaired) electrons. The van der Waals surface area contributed by atoms with Gasteiger partial charge in [-0.1, -0.05) is 23.8 Å². The minimum atomic E-state index is 0.00557. The van der Waals surface area contributed by atoms with Crippen molar-refractivity contribution in [3.63, 3.8) is 0 Å². The van der Waals surface area contributed by atoms with Gasteiger partial charge in [0.2, 0.25) is 0 Å². The molecular weight excluding hydrogens is 230 g/mol. The Labute approximate surface area is 105 Å². The van der Waals surface area contributed by atoms with Gasteiger partial charge < -0.3 is 5.73 Å². The summed E-state index contributed by atoms with van der Waals surface area (Å²) < 4.78 is 0. The van der Waals surface area contributed by atoms with E-state index < -0.39 is 0 Å². The Morgan fingerprint density at radius 1 is 1.24 bits per heavy atom. The maximum Gasteiger partial charge on any atom is 0.186 e. The third-order valence-electron chi connectivity index (χ3n) is 2.71. The molecule has 17 heavy (non-hydrogen) atoms. The highest BCUT2D eigenvalue weighted by Gasteiger charge is 2.09. The number of Topliss-reactive ketones (excluding diaryl/α,β-unsaturated/α-hetero) is 1. The highest BCUT2D eigenvalue weighted by atomic mass is 32.1. The Kier molecular flexibility index (Phi) is 3.41. The first-order chi connectivity index (χ1) is 8.11. The minimum absolute atomic E-state index is 0.00557. The first kappa shape index (κ1) is 12.0. The predicted octanol–water partition coefficient (Wildman–Crippen LogP) is 3.17. The van der Waals surface area contributed by atoms with Crippen LogP contribution in [0.3, 0.4) is 0 Å². The Morgan fingerprint density at radius 2 is 2.00 bits per heavy atom. The molecular formula is C14H15NOS. The number of carbonyl (C=O) groups excluding carboxylic acids is 1. The lowest BCUT2D eigenvalue weighted by Crippen LogP contribution is -2.11. The monoisotopic (exact) mass is 245 g/mol. The standard InChI is InChI=1S/C14H15NOS/c1-9-3-4-11(10(2)7-9)13-5-6-14(17-13)12(16)8-15/h3-7H,8,15H2,1-2H3. The SMILES string of the molecule is Cc1ccc(-c2ccc(C(=O)CN)s2)c(C)c1. The molecule has 2 N–H and O–H groups in total. The van der Waals surface area contributed by atoms with E-state index in [0.717, 1.165) is 9.75 Å². The lowest BCUT2D eigenvalue weighted by molar-refractivity contribution is 0.100. The smallest absolute Gasteiger partial charge is 0.186 e. The quantitative estimate of drug-likeness (QED) is 0.844. The highest BCUT2D eigenvalue weighted by Crippen LogP contribution is 2.31. The number of carbonyl (C=O) groups is 1. The molecule has 1 aromatic heterocycles. The fourth-order valence-electron chi connectivity index (χ4n) is 1.82. The number of rotatable bonds is 3. The Bertz CT molecular complexity index is 557. The van der Waals surface area contributed by atoms with Crippen molar-refractivity contribution in [3.05, 3.63) is 46.3 Å². The van der Waals surface area contributed by atoms with E-state index in [9.17, 15) is 4.79 Å². The zero-order valence-corrected chi connectivity index (χ0v) is 10.8. The number of hydrogen-bond acceptors (Lipinski definition) is 3. The van der Waals surface area contributed by atoms with Crippen LogP contribution in [0.25, 0.3) is 10.4 Å². The fraction of sp³-hybridized carbons (Fsp3) is 0.214. The zero-order valence-electron chi connectivity index (χ0n) is 9.99. The second-order valence-electron chi connectivity index (χ2n) is 4.11. The van der Waals surface area contributed by atoms with Gasteiger partial charge in [0.15, 0.2) is 5.78 Å². The molecule has 0 atom stereocenters. The summed E-state index contributed by atoms with van der Waals surface area (Å²) in [7, 11) is 0. The van der Waals surface area contributed by atoms with Crippen molar-refractivity contribution in [1.82, 2.24) is 0 Å². The van der Waals surface area contributed by atoms with Gasteiger partial charge in [-0.15, -0.1) is 11.3 Å². The molecule has 0 spiro atoms. The van der Waals surface area contributed by atoms with Crippen LogP contribution in [0.4, 0.5) is 0 Å². The normalized spacial score (nSPS) is 10.5. The molecule has 88 valence electrons. The van der Waals surface area contributed by atoms with Gasteiger partial charge in [-0.25, -0.2) is 0 Å². The second kappa shape index (κ2) is 4.82. The van der Waals surface area contributed by atoms with Gasteiger partial charge >= 0.3 is 0 Å². The summed E-state index contributed by atoms with van der Waals surface area (Å²) in [6.45, 7) is 4.24. The van der Waals surface area contributed by atoms with Crippen LogP contribution < -0.4 is 5.73 Å². The topological polar surface area (TPSA) is 43.1 Å². The van der Waals surface area contributed by atoms with Crippen molar-refractivity contribution in [2.45, 2.75) is 13.8 Å². The van der Waals surface area contributed by atoms with Crippen LogP contribution in [0.5, 0.6) is 0 Å². The van der Waals surface area contributed by atoms with E-state index >= 15 is 0 Å². The van der Waals surface area contributed by atoms with Crippen molar-refractivity contribution in [3.8, 4) is 10.4 Å². The molecule has 1 heterocycles. The summed E-state index contributed by atoms with van der Waals surface area (Å²) in [6, 6.07) is 10.2. The van der Waals surface area contributed by atoms with Crippen molar-refractivity contribution in [1.29, 1.82) is 0 Å². The molecule has 0 saturated heterocycles. The summed E-state index contributed by atoms with van der Waals surface area (Å²) in [5, 5.41) is 0. The number of nitrogens with two attached hydrogens (primary N) is 1. The molecule has 1 aromatic carbocycles. The van der Waals surface area contributed by atoms with Crippen molar-refractivity contribution in [2.75, 3.05) is 6.54 Å². The number of hydrogen-bond donors (Lipinski definition) is 1. The van der Waals surface area contributed by atoms with Gasteiger partial charge in [-0.3, -0.25) is 4.79 Å². The van der Waals surface area contributed by atoms with Crippen molar-refractivity contribution >= 4 is 17.1 Å². The van der Waals surface area contributed by atoms with Crippen LogP contribution in [0.1, 0.15) is 20.8 Å². The van der Waals surface area contributed by atoms with Gasteiger partial charge in [-0.05, 0) is 37.1 Å². The van der Waals surface area contributed by atoms with Gasteiger partial charge in [0.25, 0.3) is 0 Å². The first-order valence-corrected chi connectivity index (χ1v) is 6.34. The second-order valence-corrected chi connectivity index (χ2v) is 5.19. The van der Waals surface area contributed by atoms with Crippen molar-refractivity contribution < 1.29 is 4.79 Å². The maximum absolute atomic E-state index is 11.5. The van der Waals surface area contributed by atoms with Crippen LogP contribution in [0, 0.1) is 13.8 Å². The van der Waals surface area contributed by atoms with E-state index in [0.29, 0.717) is 0 Å². The minimum Gasteiger partial charge on any atom is -0.324 e. The summed E-state index contributed by atoms with van der Waals surface area (Å²) in [6.07, 6.45) is 0. The number of aryl methyl sites for hydroxylation is 2. The zero-order chi connectivity index (χ0) is 12.4. The number of thiophene rings is 1. The molecule has 2 nitrogen and oxygen atoms in total. The summed E-state index contributed by atoms with van der Waals surface area (Å²) >= 11 is 1.51. The lowest BCUT2D eigenvalue weighted by Gasteiger charge is -2.03. The van der Waals surface area contributed by atoms with E-state index in [1.807, 2.05) is 12.1 Å². The fourth-order valence-corrected chi connectivity index (χ4v) is 2.87. The average Bonchev–Trinajstić information content (AvgIpc) is 2.77. The average molecular weight is 245 g/mol. The van der Waals surface area contributed by atoms with Gasteiger partial charge in [-0.2, -0.15) is 0 Å². The molecule has 0 fully saturated rings. The van der Waals surface area contributed by atoms with Crippen LogP contribution in [0.2, 0.25) is 0 Å². The third-order valence-corrected chi connectivity index (χ3v) is 3.87.